The van der Waals surface area contributed by atoms with Crippen molar-refractivity contribution in [2.45, 2.75) is 25.2 Å². The summed E-state index contributed by atoms with van der Waals surface area (Å²) in [6, 6.07) is 10.6. The molecule has 3 aromatic rings. The quantitative estimate of drug-likeness (QED) is 0.654. The Bertz CT molecular complexity index is 1080. The maximum Gasteiger partial charge on any atom is 0.243 e. The van der Waals surface area contributed by atoms with Crippen molar-refractivity contribution < 1.29 is 8.42 Å². The lowest BCUT2D eigenvalue weighted by Crippen LogP contribution is -2.42. The second-order valence-electron chi connectivity index (χ2n) is 7.53. The number of nitrogens with zero attached hydrogens (tertiary/aromatic N) is 3. The van der Waals surface area contributed by atoms with Gasteiger partial charge in [0, 0.05) is 31.0 Å². The zero-order valence-electron chi connectivity index (χ0n) is 15.3. The molecule has 27 heavy (non-hydrogen) atoms. The highest BCUT2D eigenvalue weighted by molar-refractivity contribution is 7.89. The molecule has 0 amide bonds. The molecule has 142 valence electrons. The van der Waals surface area contributed by atoms with E-state index in [-0.39, 0.29) is 0 Å². The fourth-order valence-electron chi connectivity index (χ4n) is 3.87. The van der Waals surface area contributed by atoms with Gasteiger partial charge in [-0.05, 0) is 42.5 Å². The smallest absolute Gasteiger partial charge is 0.243 e. The van der Waals surface area contributed by atoms with Crippen LogP contribution in [0.15, 0.2) is 53.7 Å². The topological polar surface area (TPSA) is 54.7 Å². The van der Waals surface area contributed by atoms with Gasteiger partial charge in [-0.15, -0.1) is 0 Å². The number of piperidine rings is 1. The Morgan fingerprint density at radius 2 is 1.81 bits per heavy atom. The Balaban J connectivity index is 1.71. The number of rotatable bonds is 3. The minimum absolute atomic E-state index is 0.316. The molecule has 1 aromatic carbocycles. The summed E-state index contributed by atoms with van der Waals surface area (Å²) < 4.78 is 29.8. The largest absolute Gasteiger partial charge is 0.305 e. The number of benzene rings is 1. The van der Waals surface area contributed by atoms with Crippen LogP contribution < -0.4 is 0 Å². The summed E-state index contributed by atoms with van der Waals surface area (Å²) in [5.74, 6) is 0.741. The molecule has 0 N–H and O–H groups in total. The molecular weight excluding hydrogens is 382 g/mol. The molecule has 2 aromatic heterocycles. The summed E-state index contributed by atoms with van der Waals surface area (Å²) >= 11 is 6.04. The average molecular weight is 404 g/mol. The first-order chi connectivity index (χ1) is 12.8. The number of pyridine rings is 1. The van der Waals surface area contributed by atoms with Crippen LogP contribution in [0.1, 0.15) is 20.3 Å². The summed E-state index contributed by atoms with van der Waals surface area (Å²) in [5.41, 5.74) is 2.25. The van der Waals surface area contributed by atoms with Crippen molar-refractivity contribution in [3.8, 4) is 11.3 Å². The summed E-state index contributed by atoms with van der Waals surface area (Å²) in [6.07, 6.45) is 4.71. The Kier molecular flexibility index (Phi) is 4.74. The van der Waals surface area contributed by atoms with Gasteiger partial charge in [0.2, 0.25) is 10.0 Å². The van der Waals surface area contributed by atoms with E-state index in [9.17, 15) is 8.42 Å². The SMILES string of the molecule is C[C@@H]1C[C@H](C)CN(S(=O)(=O)c2cccc(-c3cn4cc(Cl)ccc4n3)c2)C1. The van der Waals surface area contributed by atoms with E-state index in [0.717, 1.165) is 23.3 Å². The van der Waals surface area contributed by atoms with Gasteiger partial charge in [0.15, 0.2) is 0 Å². The van der Waals surface area contributed by atoms with Crippen molar-refractivity contribution in [3.05, 3.63) is 53.8 Å². The van der Waals surface area contributed by atoms with Crippen LogP contribution in [-0.2, 0) is 10.0 Å². The number of hydrogen-bond acceptors (Lipinski definition) is 3. The van der Waals surface area contributed by atoms with E-state index in [1.54, 1.807) is 34.8 Å². The van der Waals surface area contributed by atoms with Gasteiger partial charge in [0.25, 0.3) is 0 Å². The Labute approximate surface area is 164 Å². The minimum Gasteiger partial charge on any atom is -0.305 e. The summed E-state index contributed by atoms with van der Waals surface area (Å²) in [4.78, 5) is 4.90. The lowest BCUT2D eigenvalue weighted by Gasteiger charge is -2.34. The van der Waals surface area contributed by atoms with E-state index >= 15 is 0 Å². The maximum absolute atomic E-state index is 13.2. The van der Waals surface area contributed by atoms with Crippen molar-refractivity contribution in [2.75, 3.05) is 13.1 Å². The van der Waals surface area contributed by atoms with Crippen molar-refractivity contribution in [2.24, 2.45) is 11.8 Å². The molecule has 1 aliphatic rings. The third-order valence-electron chi connectivity index (χ3n) is 5.02. The fraction of sp³-hybridized carbons (Fsp3) is 0.350. The summed E-state index contributed by atoms with van der Waals surface area (Å²) in [6.45, 7) is 5.36. The molecule has 1 fully saturated rings. The predicted octanol–water partition coefficient (Wildman–Crippen LogP) is 4.32. The van der Waals surface area contributed by atoms with Crippen LogP contribution in [0.2, 0.25) is 5.02 Å². The van der Waals surface area contributed by atoms with Gasteiger partial charge in [0.05, 0.1) is 15.6 Å². The maximum atomic E-state index is 13.2. The average Bonchev–Trinajstić information content (AvgIpc) is 3.04. The van der Waals surface area contributed by atoms with Crippen LogP contribution in [-0.4, -0.2) is 35.2 Å². The van der Waals surface area contributed by atoms with Gasteiger partial charge in [-0.1, -0.05) is 37.6 Å². The molecule has 0 radical (unpaired) electrons. The molecule has 0 unspecified atom stereocenters. The first-order valence-electron chi connectivity index (χ1n) is 9.08. The van der Waals surface area contributed by atoms with Gasteiger partial charge in [-0.2, -0.15) is 4.31 Å². The Morgan fingerprint density at radius 3 is 2.56 bits per heavy atom. The van der Waals surface area contributed by atoms with Crippen molar-refractivity contribution in [1.29, 1.82) is 0 Å². The summed E-state index contributed by atoms with van der Waals surface area (Å²) in [7, 11) is -3.52. The van der Waals surface area contributed by atoms with Gasteiger partial charge >= 0.3 is 0 Å². The highest BCUT2D eigenvalue weighted by Gasteiger charge is 2.31. The molecule has 4 rings (SSSR count). The van der Waals surface area contributed by atoms with E-state index in [1.165, 1.54) is 0 Å². The molecule has 5 nitrogen and oxygen atoms in total. The van der Waals surface area contributed by atoms with Crippen LogP contribution in [0.3, 0.4) is 0 Å². The normalized spacial score (nSPS) is 21.6. The molecule has 0 aliphatic carbocycles. The third kappa shape index (κ3) is 3.61. The van der Waals surface area contributed by atoms with Crippen LogP contribution in [0.5, 0.6) is 0 Å². The van der Waals surface area contributed by atoms with E-state index in [2.05, 4.69) is 18.8 Å². The van der Waals surface area contributed by atoms with Gasteiger partial charge in [0.1, 0.15) is 5.65 Å². The molecule has 1 aliphatic heterocycles. The lowest BCUT2D eigenvalue weighted by atomic mass is 9.94. The Hall–Kier alpha value is -1.89. The molecule has 1 saturated heterocycles. The standard InChI is InChI=1S/C20H22ClN3O2S/c1-14-8-15(2)11-24(10-14)27(25,26)18-5-3-4-16(9-18)19-13-23-12-17(21)6-7-20(23)22-19/h3-7,9,12-15H,8,10-11H2,1-2H3/t14-,15+. The highest BCUT2D eigenvalue weighted by Crippen LogP contribution is 2.29. The zero-order chi connectivity index (χ0) is 19.2. The molecule has 0 bridgehead atoms. The first-order valence-corrected chi connectivity index (χ1v) is 10.9. The Morgan fingerprint density at radius 1 is 1.07 bits per heavy atom. The van der Waals surface area contributed by atoms with E-state index in [4.69, 9.17) is 11.6 Å². The van der Waals surface area contributed by atoms with E-state index in [0.29, 0.717) is 34.8 Å². The molecular formula is C20H22ClN3O2S. The third-order valence-corrected chi connectivity index (χ3v) is 7.07. The van der Waals surface area contributed by atoms with Crippen LogP contribution in [0, 0.1) is 11.8 Å². The number of fused-ring (bicyclic) bond motifs is 1. The molecule has 3 heterocycles. The lowest BCUT2D eigenvalue weighted by molar-refractivity contribution is 0.222. The number of hydrogen-bond donors (Lipinski definition) is 0. The summed E-state index contributed by atoms with van der Waals surface area (Å²) in [5, 5.41) is 0.621. The number of halogens is 1. The van der Waals surface area contributed by atoms with Crippen molar-refractivity contribution in [3.63, 3.8) is 0 Å². The monoisotopic (exact) mass is 403 g/mol. The van der Waals surface area contributed by atoms with E-state index in [1.807, 2.05) is 22.7 Å². The first kappa shape index (κ1) is 18.5. The predicted molar refractivity (Wildman–Crippen MR) is 107 cm³/mol. The molecule has 2 atom stereocenters. The van der Waals surface area contributed by atoms with Crippen molar-refractivity contribution >= 4 is 27.3 Å². The van der Waals surface area contributed by atoms with Gasteiger partial charge < -0.3 is 4.40 Å². The number of aromatic nitrogens is 2. The van der Waals surface area contributed by atoms with Gasteiger partial charge in [-0.25, -0.2) is 13.4 Å². The number of imidazole rings is 1. The highest BCUT2D eigenvalue weighted by atomic mass is 35.5. The minimum atomic E-state index is -3.52. The number of sulfonamides is 1. The van der Waals surface area contributed by atoms with Gasteiger partial charge in [-0.3, -0.25) is 0 Å². The van der Waals surface area contributed by atoms with Crippen LogP contribution in [0.4, 0.5) is 0 Å². The van der Waals surface area contributed by atoms with Crippen molar-refractivity contribution in [1.82, 2.24) is 13.7 Å². The molecule has 7 heteroatoms. The second kappa shape index (κ2) is 6.93. The molecule has 0 spiro atoms. The zero-order valence-corrected chi connectivity index (χ0v) is 16.9. The fourth-order valence-corrected chi connectivity index (χ4v) is 5.76. The molecule has 0 saturated carbocycles. The van der Waals surface area contributed by atoms with Crippen LogP contribution in [0.25, 0.3) is 16.9 Å². The van der Waals surface area contributed by atoms with Crippen LogP contribution >= 0.6 is 11.6 Å². The second-order valence-corrected chi connectivity index (χ2v) is 9.91. The van der Waals surface area contributed by atoms with E-state index < -0.39 is 10.0 Å².